The zero-order valence-electron chi connectivity index (χ0n) is 12.3. The Kier molecular flexibility index (Phi) is 4.53. The molecule has 21 heavy (non-hydrogen) atoms. The predicted octanol–water partition coefficient (Wildman–Crippen LogP) is 1.34. The van der Waals surface area contributed by atoms with Crippen LogP contribution in [0.1, 0.15) is 24.8 Å². The Labute approximate surface area is 125 Å². The average molecular weight is 289 g/mol. The summed E-state index contributed by atoms with van der Waals surface area (Å²) in [6.45, 7) is 2.50. The monoisotopic (exact) mass is 289 g/mol. The normalized spacial score (nSPS) is 25.6. The second-order valence-electron chi connectivity index (χ2n) is 5.83. The molecule has 114 valence electrons. The standard InChI is InChI=1S/C16H23N3O2/c17-10-12-3-1-4-13(9-12)18-16(20)11-19-7-8-21-15-6-2-5-14(15)19/h1,3-4,9,14-15H,2,5-8,10-11,17H2,(H,18,20). The highest BCUT2D eigenvalue weighted by Gasteiger charge is 2.36. The van der Waals surface area contributed by atoms with Gasteiger partial charge in [0.05, 0.1) is 19.3 Å². The maximum absolute atomic E-state index is 12.2. The molecule has 0 aromatic heterocycles. The van der Waals surface area contributed by atoms with Crippen molar-refractivity contribution in [3.05, 3.63) is 29.8 Å². The van der Waals surface area contributed by atoms with Crippen LogP contribution in [-0.2, 0) is 16.1 Å². The molecular weight excluding hydrogens is 266 g/mol. The lowest BCUT2D eigenvalue weighted by molar-refractivity contribution is -0.121. The van der Waals surface area contributed by atoms with E-state index < -0.39 is 0 Å². The van der Waals surface area contributed by atoms with Crippen molar-refractivity contribution >= 4 is 11.6 Å². The van der Waals surface area contributed by atoms with Gasteiger partial charge in [0, 0.05) is 24.8 Å². The molecule has 5 nitrogen and oxygen atoms in total. The first kappa shape index (κ1) is 14.5. The number of carbonyl (C=O) groups excluding carboxylic acids is 1. The number of carbonyl (C=O) groups is 1. The summed E-state index contributed by atoms with van der Waals surface area (Å²) in [5, 5.41) is 2.97. The third kappa shape index (κ3) is 3.43. The summed E-state index contributed by atoms with van der Waals surface area (Å²) in [5.74, 6) is 0.0386. The maximum Gasteiger partial charge on any atom is 0.238 e. The molecule has 2 atom stereocenters. The number of amides is 1. The van der Waals surface area contributed by atoms with Crippen LogP contribution in [0.5, 0.6) is 0 Å². The molecule has 1 amide bonds. The van der Waals surface area contributed by atoms with Crippen molar-refractivity contribution in [2.75, 3.05) is 25.0 Å². The van der Waals surface area contributed by atoms with E-state index in [1.54, 1.807) is 0 Å². The molecule has 3 rings (SSSR count). The third-order valence-corrected chi connectivity index (χ3v) is 4.39. The first-order valence-electron chi connectivity index (χ1n) is 7.71. The fourth-order valence-corrected chi connectivity index (χ4v) is 3.36. The van der Waals surface area contributed by atoms with Gasteiger partial charge in [-0.25, -0.2) is 0 Å². The van der Waals surface area contributed by atoms with Crippen LogP contribution in [0.4, 0.5) is 5.69 Å². The van der Waals surface area contributed by atoms with Gasteiger partial charge in [0.2, 0.25) is 5.91 Å². The number of ether oxygens (including phenoxy) is 1. The lowest BCUT2D eigenvalue weighted by atomic mass is 10.1. The van der Waals surface area contributed by atoms with Crippen LogP contribution >= 0.6 is 0 Å². The number of rotatable bonds is 4. The molecular formula is C16H23N3O2. The lowest BCUT2D eigenvalue weighted by Crippen LogP contribution is -2.51. The maximum atomic E-state index is 12.2. The van der Waals surface area contributed by atoms with Crippen molar-refractivity contribution in [3.63, 3.8) is 0 Å². The molecule has 1 saturated heterocycles. The summed E-state index contributed by atoms with van der Waals surface area (Å²) in [7, 11) is 0. The molecule has 1 heterocycles. The summed E-state index contributed by atoms with van der Waals surface area (Å²) < 4.78 is 5.77. The zero-order chi connectivity index (χ0) is 14.7. The Morgan fingerprint density at radius 1 is 1.43 bits per heavy atom. The Balaban J connectivity index is 1.58. The van der Waals surface area contributed by atoms with Crippen molar-refractivity contribution < 1.29 is 9.53 Å². The van der Waals surface area contributed by atoms with Crippen molar-refractivity contribution in [1.82, 2.24) is 4.90 Å². The van der Waals surface area contributed by atoms with E-state index in [0.717, 1.165) is 37.2 Å². The highest BCUT2D eigenvalue weighted by molar-refractivity contribution is 5.92. The van der Waals surface area contributed by atoms with Crippen LogP contribution in [0.25, 0.3) is 0 Å². The van der Waals surface area contributed by atoms with Crippen LogP contribution in [-0.4, -0.2) is 42.6 Å². The minimum atomic E-state index is 0.0386. The summed E-state index contributed by atoms with van der Waals surface area (Å²) in [4.78, 5) is 14.5. The number of anilines is 1. The van der Waals surface area contributed by atoms with Gasteiger partial charge in [-0.2, -0.15) is 0 Å². The highest BCUT2D eigenvalue weighted by atomic mass is 16.5. The van der Waals surface area contributed by atoms with Gasteiger partial charge in [-0.05, 0) is 37.0 Å². The smallest absolute Gasteiger partial charge is 0.238 e. The molecule has 5 heteroatoms. The fraction of sp³-hybridized carbons (Fsp3) is 0.562. The minimum absolute atomic E-state index is 0.0386. The van der Waals surface area contributed by atoms with Crippen molar-refractivity contribution in [2.45, 2.75) is 38.0 Å². The molecule has 0 spiro atoms. The number of hydrogen-bond donors (Lipinski definition) is 2. The fourth-order valence-electron chi connectivity index (χ4n) is 3.36. The molecule has 0 radical (unpaired) electrons. The summed E-state index contributed by atoms with van der Waals surface area (Å²) in [6.07, 6.45) is 3.79. The first-order valence-corrected chi connectivity index (χ1v) is 7.71. The number of nitrogens with zero attached hydrogens (tertiary/aromatic N) is 1. The predicted molar refractivity (Wildman–Crippen MR) is 81.9 cm³/mol. The largest absolute Gasteiger partial charge is 0.375 e. The molecule has 2 fully saturated rings. The Morgan fingerprint density at radius 3 is 3.19 bits per heavy atom. The van der Waals surface area contributed by atoms with Crippen molar-refractivity contribution in [2.24, 2.45) is 5.73 Å². The molecule has 2 unspecified atom stereocenters. The quantitative estimate of drug-likeness (QED) is 0.877. The summed E-state index contributed by atoms with van der Waals surface area (Å²) >= 11 is 0. The van der Waals surface area contributed by atoms with Crippen molar-refractivity contribution in [1.29, 1.82) is 0 Å². The molecule has 1 aliphatic heterocycles. The van der Waals surface area contributed by atoms with E-state index in [4.69, 9.17) is 10.5 Å². The third-order valence-electron chi connectivity index (χ3n) is 4.39. The SMILES string of the molecule is NCc1cccc(NC(=O)CN2CCOC3CCCC32)c1. The van der Waals surface area contributed by atoms with Gasteiger partial charge in [0.1, 0.15) is 0 Å². The van der Waals surface area contributed by atoms with Gasteiger partial charge in [-0.15, -0.1) is 0 Å². The van der Waals surface area contributed by atoms with Gasteiger partial charge >= 0.3 is 0 Å². The van der Waals surface area contributed by atoms with E-state index >= 15 is 0 Å². The minimum Gasteiger partial charge on any atom is -0.375 e. The van der Waals surface area contributed by atoms with Gasteiger partial charge in [0.25, 0.3) is 0 Å². The van der Waals surface area contributed by atoms with E-state index in [2.05, 4.69) is 10.2 Å². The second kappa shape index (κ2) is 6.56. The Morgan fingerprint density at radius 2 is 2.33 bits per heavy atom. The molecule has 1 aliphatic carbocycles. The lowest BCUT2D eigenvalue weighted by Gasteiger charge is -2.37. The number of hydrogen-bond acceptors (Lipinski definition) is 4. The summed E-state index contributed by atoms with van der Waals surface area (Å²) in [6, 6.07) is 8.12. The van der Waals surface area contributed by atoms with Crippen LogP contribution in [0, 0.1) is 0 Å². The molecule has 2 aliphatic rings. The van der Waals surface area contributed by atoms with Gasteiger partial charge in [0.15, 0.2) is 0 Å². The van der Waals surface area contributed by atoms with Crippen LogP contribution in [0.2, 0.25) is 0 Å². The van der Waals surface area contributed by atoms with Gasteiger partial charge < -0.3 is 15.8 Å². The van der Waals surface area contributed by atoms with E-state index in [1.807, 2.05) is 24.3 Å². The molecule has 1 aromatic rings. The van der Waals surface area contributed by atoms with E-state index in [-0.39, 0.29) is 5.91 Å². The zero-order valence-corrected chi connectivity index (χ0v) is 12.3. The van der Waals surface area contributed by atoms with Crippen molar-refractivity contribution in [3.8, 4) is 0 Å². The van der Waals surface area contributed by atoms with Crippen LogP contribution in [0.15, 0.2) is 24.3 Å². The number of nitrogens with one attached hydrogen (secondary N) is 1. The number of benzene rings is 1. The summed E-state index contributed by atoms with van der Waals surface area (Å²) in [5.41, 5.74) is 7.46. The van der Waals surface area contributed by atoms with E-state index in [1.165, 1.54) is 6.42 Å². The van der Waals surface area contributed by atoms with Gasteiger partial charge in [-0.3, -0.25) is 9.69 Å². The number of morpholine rings is 1. The molecule has 3 N–H and O–H groups in total. The van der Waals surface area contributed by atoms with Crippen LogP contribution in [0.3, 0.4) is 0 Å². The first-order chi connectivity index (χ1) is 10.3. The number of fused-ring (bicyclic) bond motifs is 1. The molecule has 0 bridgehead atoms. The van der Waals surface area contributed by atoms with Crippen LogP contribution < -0.4 is 11.1 Å². The van der Waals surface area contributed by atoms with Gasteiger partial charge in [-0.1, -0.05) is 12.1 Å². The molecule has 1 aromatic carbocycles. The second-order valence-corrected chi connectivity index (χ2v) is 5.83. The Bertz CT molecular complexity index is 506. The topological polar surface area (TPSA) is 67.6 Å². The molecule has 1 saturated carbocycles. The number of nitrogens with two attached hydrogens (primary N) is 1. The van der Waals surface area contributed by atoms with E-state index in [0.29, 0.717) is 25.2 Å². The highest BCUT2D eigenvalue weighted by Crippen LogP contribution is 2.29. The Hall–Kier alpha value is -1.43. The average Bonchev–Trinajstić information content (AvgIpc) is 2.97. The van der Waals surface area contributed by atoms with E-state index in [9.17, 15) is 4.79 Å².